The molecule has 0 bridgehead atoms. The molecule has 5 nitrogen and oxygen atoms in total. The number of carbonyl (C=O) groups is 1. The SMILES string of the molecule is COc1ccc(Cn2c(C(=O)O)cc3ncsc32)cc1. The minimum atomic E-state index is -0.941. The zero-order valence-electron chi connectivity index (χ0n) is 10.7. The number of thiazole rings is 1. The van der Waals surface area contributed by atoms with E-state index in [1.165, 1.54) is 11.3 Å². The zero-order chi connectivity index (χ0) is 14.1. The van der Waals surface area contributed by atoms with Crippen molar-refractivity contribution in [1.29, 1.82) is 0 Å². The molecule has 1 N–H and O–H groups in total. The first kappa shape index (κ1) is 12.7. The Bertz CT molecular complexity index is 758. The van der Waals surface area contributed by atoms with E-state index in [9.17, 15) is 9.90 Å². The normalized spacial score (nSPS) is 10.8. The van der Waals surface area contributed by atoms with Crippen molar-refractivity contribution in [2.75, 3.05) is 7.11 Å². The third kappa shape index (κ3) is 2.14. The van der Waals surface area contributed by atoms with Crippen molar-refractivity contribution in [3.05, 3.63) is 47.1 Å². The molecule has 0 saturated carbocycles. The maximum atomic E-state index is 11.3. The summed E-state index contributed by atoms with van der Waals surface area (Å²) in [5.74, 6) is -0.161. The Balaban J connectivity index is 2.01. The van der Waals surface area contributed by atoms with E-state index in [0.717, 1.165) is 21.7 Å². The highest BCUT2D eigenvalue weighted by Gasteiger charge is 2.16. The summed E-state index contributed by atoms with van der Waals surface area (Å²) in [5, 5.41) is 9.28. The van der Waals surface area contributed by atoms with E-state index in [4.69, 9.17) is 4.74 Å². The molecule has 0 radical (unpaired) electrons. The van der Waals surface area contributed by atoms with E-state index in [-0.39, 0.29) is 5.69 Å². The lowest BCUT2D eigenvalue weighted by molar-refractivity contribution is 0.0686. The fourth-order valence-electron chi connectivity index (χ4n) is 2.11. The van der Waals surface area contributed by atoms with Gasteiger partial charge >= 0.3 is 5.97 Å². The molecular weight excluding hydrogens is 276 g/mol. The zero-order valence-corrected chi connectivity index (χ0v) is 11.6. The van der Waals surface area contributed by atoms with Crippen LogP contribution in [0.4, 0.5) is 0 Å². The maximum absolute atomic E-state index is 11.3. The second-order valence-corrected chi connectivity index (χ2v) is 5.14. The van der Waals surface area contributed by atoms with Crippen LogP contribution in [0.25, 0.3) is 10.3 Å². The van der Waals surface area contributed by atoms with Crippen LogP contribution in [-0.4, -0.2) is 27.7 Å². The summed E-state index contributed by atoms with van der Waals surface area (Å²) in [6, 6.07) is 9.19. The number of rotatable bonds is 4. The van der Waals surface area contributed by atoms with Crippen LogP contribution in [0.3, 0.4) is 0 Å². The van der Waals surface area contributed by atoms with E-state index in [0.29, 0.717) is 6.54 Å². The molecule has 1 aromatic carbocycles. The molecule has 0 amide bonds. The third-order valence-corrected chi connectivity index (χ3v) is 3.97. The molecule has 3 rings (SSSR count). The van der Waals surface area contributed by atoms with Gasteiger partial charge in [-0.3, -0.25) is 0 Å². The Morgan fingerprint density at radius 2 is 2.15 bits per heavy atom. The Morgan fingerprint density at radius 3 is 2.80 bits per heavy atom. The molecule has 3 aromatic rings. The molecular formula is C14H12N2O3S. The first-order valence-electron chi connectivity index (χ1n) is 5.98. The molecule has 0 aliphatic carbocycles. The second kappa shape index (κ2) is 4.97. The average molecular weight is 288 g/mol. The Morgan fingerprint density at radius 1 is 1.40 bits per heavy atom. The topological polar surface area (TPSA) is 64.3 Å². The van der Waals surface area contributed by atoms with Crippen LogP contribution in [0.5, 0.6) is 5.75 Å². The molecule has 102 valence electrons. The van der Waals surface area contributed by atoms with Gasteiger partial charge in [0.2, 0.25) is 0 Å². The van der Waals surface area contributed by atoms with Crippen LogP contribution in [-0.2, 0) is 6.54 Å². The molecule has 0 atom stereocenters. The van der Waals surface area contributed by atoms with Crippen LogP contribution in [0.15, 0.2) is 35.8 Å². The quantitative estimate of drug-likeness (QED) is 0.801. The molecule has 2 aromatic heterocycles. The summed E-state index contributed by atoms with van der Waals surface area (Å²) >= 11 is 1.44. The van der Waals surface area contributed by atoms with Gasteiger partial charge in [-0.1, -0.05) is 12.1 Å². The van der Waals surface area contributed by atoms with Crippen molar-refractivity contribution in [3.8, 4) is 5.75 Å². The number of carboxylic acid groups (broad SMARTS) is 1. The van der Waals surface area contributed by atoms with Gasteiger partial charge in [0.25, 0.3) is 0 Å². The highest BCUT2D eigenvalue weighted by atomic mass is 32.1. The van der Waals surface area contributed by atoms with Gasteiger partial charge in [0, 0.05) is 6.54 Å². The minimum absolute atomic E-state index is 0.259. The molecule has 20 heavy (non-hydrogen) atoms. The highest BCUT2D eigenvalue weighted by molar-refractivity contribution is 7.16. The van der Waals surface area contributed by atoms with E-state index < -0.39 is 5.97 Å². The number of benzene rings is 1. The van der Waals surface area contributed by atoms with Crippen molar-refractivity contribution in [3.63, 3.8) is 0 Å². The van der Waals surface area contributed by atoms with Gasteiger partial charge in [0.1, 0.15) is 21.8 Å². The fourth-order valence-corrected chi connectivity index (χ4v) is 2.90. The van der Waals surface area contributed by atoms with Gasteiger partial charge in [-0.05, 0) is 23.8 Å². The van der Waals surface area contributed by atoms with Gasteiger partial charge in [0.15, 0.2) is 0 Å². The first-order valence-corrected chi connectivity index (χ1v) is 6.86. The Kier molecular flexibility index (Phi) is 3.15. The van der Waals surface area contributed by atoms with Crippen LogP contribution < -0.4 is 4.74 Å². The average Bonchev–Trinajstić information content (AvgIpc) is 3.02. The summed E-state index contributed by atoms with van der Waals surface area (Å²) in [5.41, 5.74) is 3.72. The largest absolute Gasteiger partial charge is 0.497 e. The molecule has 0 spiro atoms. The first-order chi connectivity index (χ1) is 9.69. The van der Waals surface area contributed by atoms with Gasteiger partial charge < -0.3 is 14.4 Å². The third-order valence-electron chi connectivity index (χ3n) is 3.10. The van der Waals surface area contributed by atoms with Crippen molar-refractivity contribution in [2.24, 2.45) is 0 Å². The van der Waals surface area contributed by atoms with Crippen molar-refractivity contribution >= 4 is 27.7 Å². The molecule has 0 aliphatic rings. The lowest BCUT2D eigenvalue weighted by Crippen LogP contribution is -2.08. The van der Waals surface area contributed by atoms with Crippen LogP contribution >= 0.6 is 11.3 Å². The van der Waals surface area contributed by atoms with Crippen molar-refractivity contribution in [2.45, 2.75) is 6.54 Å². The number of fused-ring (bicyclic) bond motifs is 1. The number of carboxylic acids is 1. The predicted molar refractivity (Wildman–Crippen MR) is 76.7 cm³/mol. The molecule has 6 heteroatoms. The van der Waals surface area contributed by atoms with Crippen LogP contribution in [0.2, 0.25) is 0 Å². The number of aromatic carboxylic acids is 1. The number of methoxy groups -OCH3 is 1. The van der Waals surface area contributed by atoms with Gasteiger partial charge in [-0.25, -0.2) is 9.78 Å². The lowest BCUT2D eigenvalue weighted by Gasteiger charge is -2.08. The van der Waals surface area contributed by atoms with Gasteiger partial charge in [-0.2, -0.15) is 0 Å². The Hall–Kier alpha value is -2.34. The van der Waals surface area contributed by atoms with Crippen LogP contribution in [0.1, 0.15) is 16.1 Å². The van der Waals surface area contributed by atoms with Gasteiger partial charge in [-0.15, -0.1) is 11.3 Å². The molecule has 0 unspecified atom stereocenters. The standard InChI is InChI=1S/C14H12N2O3S/c1-19-10-4-2-9(3-5-10)7-16-12(14(17)18)6-11-13(16)20-8-15-11/h2-6,8H,7H2,1H3,(H,17,18). The minimum Gasteiger partial charge on any atom is -0.497 e. The summed E-state index contributed by atoms with van der Waals surface area (Å²) in [6.07, 6.45) is 0. The fraction of sp³-hybridized carbons (Fsp3) is 0.143. The van der Waals surface area contributed by atoms with Crippen molar-refractivity contribution < 1.29 is 14.6 Å². The number of aromatic nitrogens is 2. The lowest BCUT2D eigenvalue weighted by atomic mass is 10.2. The van der Waals surface area contributed by atoms with E-state index in [1.807, 2.05) is 24.3 Å². The number of nitrogens with zero attached hydrogens (tertiary/aromatic N) is 2. The van der Waals surface area contributed by atoms with Gasteiger partial charge in [0.05, 0.1) is 12.6 Å². The smallest absolute Gasteiger partial charge is 0.352 e. The number of hydrogen-bond donors (Lipinski definition) is 1. The monoisotopic (exact) mass is 288 g/mol. The number of hydrogen-bond acceptors (Lipinski definition) is 4. The maximum Gasteiger partial charge on any atom is 0.352 e. The highest BCUT2D eigenvalue weighted by Crippen LogP contribution is 2.24. The second-order valence-electron chi connectivity index (χ2n) is 4.31. The number of ether oxygens (including phenoxy) is 1. The van der Waals surface area contributed by atoms with Crippen molar-refractivity contribution in [1.82, 2.24) is 9.55 Å². The molecule has 2 heterocycles. The molecule has 0 saturated heterocycles. The summed E-state index contributed by atoms with van der Waals surface area (Å²) in [7, 11) is 1.62. The summed E-state index contributed by atoms with van der Waals surface area (Å²) in [6.45, 7) is 0.497. The Labute approximate surface area is 119 Å². The molecule has 0 aliphatic heterocycles. The molecule has 0 fully saturated rings. The van der Waals surface area contributed by atoms with Crippen LogP contribution in [0, 0.1) is 0 Å². The van der Waals surface area contributed by atoms with E-state index in [2.05, 4.69) is 4.98 Å². The summed E-state index contributed by atoms with van der Waals surface area (Å²) in [4.78, 5) is 16.4. The summed E-state index contributed by atoms with van der Waals surface area (Å²) < 4.78 is 6.89. The van der Waals surface area contributed by atoms with E-state index >= 15 is 0 Å². The van der Waals surface area contributed by atoms with E-state index in [1.54, 1.807) is 23.3 Å². The predicted octanol–water partition coefficient (Wildman–Crippen LogP) is 2.85.